The van der Waals surface area contributed by atoms with Crippen LogP contribution < -0.4 is 9.80 Å². The number of hydrogen-bond acceptors (Lipinski definition) is 8. The molecule has 1 aromatic carbocycles. The third kappa shape index (κ3) is 4.28. The van der Waals surface area contributed by atoms with Gasteiger partial charge in [-0.1, -0.05) is 18.2 Å². The first-order chi connectivity index (χ1) is 16.0. The molecule has 2 fully saturated rings. The van der Waals surface area contributed by atoms with Crippen molar-refractivity contribution in [3.63, 3.8) is 0 Å². The summed E-state index contributed by atoms with van der Waals surface area (Å²) in [5.41, 5.74) is 3.00. The van der Waals surface area contributed by atoms with E-state index in [0.29, 0.717) is 43.6 Å². The summed E-state index contributed by atoms with van der Waals surface area (Å²) in [6.07, 6.45) is 0. The number of morpholine rings is 2. The minimum Gasteiger partial charge on any atom is -0.377 e. The highest BCUT2D eigenvalue weighted by Crippen LogP contribution is 2.31. The molecule has 33 heavy (non-hydrogen) atoms. The summed E-state index contributed by atoms with van der Waals surface area (Å²) in [4.78, 5) is 31.2. The number of anilines is 2. The number of ether oxygens (including phenoxy) is 2. The van der Waals surface area contributed by atoms with E-state index in [0.717, 1.165) is 35.6 Å². The Morgan fingerprint density at radius 3 is 2.36 bits per heavy atom. The lowest BCUT2D eigenvalue weighted by molar-refractivity contribution is 0.0973. The molecule has 0 N–H and O–H groups in total. The molecule has 0 radical (unpaired) electrons. The van der Waals surface area contributed by atoms with E-state index in [1.54, 1.807) is 6.92 Å². The van der Waals surface area contributed by atoms with Crippen molar-refractivity contribution in [1.29, 1.82) is 0 Å². The van der Waals surface area contributed by atoms with Crippen LogP contribution >= 0.6 is 0 Å². The molecule has 0 unspecified atom stereocenters. The molecule has 8 heteroatoms. The Balaban J connectivity index is 1.65. The lowest BCUT2D eigenvalue weighted by Gasteiger charge is -2.37. The van der Waals surface area contributed by atoms with Gasteiger partial charge in [0.2, 0.25) is 5.95 Å². The molecular formula is C25H29N5O3. The molecule has 2 aromatic heterocycles. The van der Waals surface area contributed by atoms with Crippen LogP contribution in [0.2, 0.25) is 0 Å². The average Bonchev–Trinajstić information content (AvgIpc) is 2.84. The summed E-state index contributed by atoms with van der Waals surface area (Å²) in [7, 11) is 0. The minimum absolute atomic E-state index is 0.0344. The van der Waals surface area contributed by atoms with Gasteiger partial charge in [0.1, 0.15) is 5.82 Å². The normalized spacial score (nSPS) is 21.4. The van der Waals surface area contributed by atoms with Gasteiger partial charge in [-0.2, -0.15) is 9.97 Å². The second kappa shape index (κ2) is 9.03. The number of ketones is 1. The number of aromatic nitrogens is 3. The molecule has 3 aromatic rings. The monoisotopic (exact) mass is 447 g/mol. The van der Waals surface area contributed by atoms with E-state index in [-0.39, 0.29) is 17.9 Å². The van der Waals surface area contributed by atoms with Gasteiger partial charge in [0, 0.05) is 24.2 Å². The molecule has 2 saturated heterocycles. The van der Waals surface area contributed by atoms with Crippen LogP contribution in [0.25, 0.3) is 22.3 Å². The van der Waals surface area contributed by atoms with Crippen molar-refractivity contribution in [3.05, 3.63) is 42.0 Å². The van der Waals surface area contributed by atoms with E-state index in [2.05, 4.69) is 23.6 Å². The maximum atomic E-state index is 11.9. The molecule has 0 bridgehead atoms. The number of fused-ring (bicyclic) bond motifs is 1. The minimum atomic E-state index is 0.0344. The molecule has 4 heterocycles. The topological polar surface area (TPSA) is 80.7 Å². The fourth-order valence-electron chi connectivity index (χ4n) is 4.45. The first-order valence-electron chi connectivity index (χ1n) is 11.5. The highest BCUT2D eigenvalue weighted by Gasteiger charge is 2.27. The van der Waals surface area contributed by atoms with Gasteiger partial charge in [0.05, 0.1) is 49.6 Å². The first-order valence-corrected chi connectivity index (χ1v) is 11.5. The van der Waals surface area contributed by atoms with Crippen LogP contribution in [0.5, 0.6) is 0 Å². The van der Waals surface area contributed by atoms with Crippen LogP contribution in [-0.4, -0.2) is 72.3 Å². The molecule has 2 aliphatic heterocycles. The van der Waals surface area contributed by atoms with Gasteiger partial charge >= 0.3 is 0 Å². The van der Waals surface area contributed by atoms with Crippen molar-refractivity contribution >= 4 is 28.6 Å². The fourth-order valence-corrected chi connectivity index (χ4v) is 4.45. The number of hydrogen-bond donors (Lipinski definition) is 0. The number of benzene rings is 1. The average molecular weight is 448 g/mol. The molecule has 0 aliphatic carbocycles. The van der Waals surface area contributed by atoms with E-state index in [9.17, 15) is 4.79 Å². The summed E-state index contributed by atoms with van der Waals surface area (Å²) in [5.74, 6) is 1.60. The Bertz CT molecular complexity index is 1180. The molecule has 5 rings (SSSR count). The SMILES string of the molecule is CC(=O)c1cccc(-c2ccc3c(N4CCOC[C@H]4C)nc(N4CCOC[C@H]4C)nc3n2)c1. The van der Waals surface area contributed by atoms with Gasteiger partial charge in [-0.05, 0) is 39.0 Å². The predicted molar refractivity (Wildman–Crippen MR) is 128 cm³/mol. The summed E-state index contributed by atoms with van der Waals surface area (Å²) in [5, 5.41) is 0.917. The quantitative estimate of drug-likeness (QED) is 0.564. The fraction of sp³-hybridized carbons (Fsp3) is 0.440. The van der Waals surface area contributed by atoms with Gasteiger partial charge < -0.3 is 19.3 Å². The molecule has 2 aliphatic rings. The van der Waals surface area contributed by atoms with Crippen molar-refractivity contribution in [2.75, 3.05) is 49.3 Å². The summed E-state index contributed by atoms with van der Waals surface area (Å²) < 4.78 is 11.3. The van der Waals surface area contributed by atoms with E-state index >= 15 is 0 Å². The highest BCUT2D eigenvalue weighted by atomic mass is 16.5. The number of rotatable bonds is 4. The Labute approximate surface area is 193 Å². The maximum absolute atomic E-state index is 11.9. The zero-order valence-electron chi connectivity index (χ0n) is 19.3. The molecule has 0 amide bonds. The van der Waals surface area contributed by atoms with Gasteiger partial charge in [-0.3, -0.25) is 4.79 Å². The smallest absolute Gasteiger partial charge is 0.229 e. The van der Waals surface area contributed by atoms with Crippen LogP contribution in [0, 0.1) is 0 Å². The van der Waals surface area contributed by atoms with Crippen molar-refractivity contribution in [1.82, 2.24) is 15.0 Å². The molecule has 0 saturated carbocycles. The van der Waals surface area contributed by atoms with Crippen molar-refractivity contribution < 1.29 is 14.3 Å². The van der Waals surface area contributed by atoms with E-state index < -0.39 is 0 Å². The van der Waals surface area contributed by atoms with Crippen LogP contribution in [-0.2, 0) is 9.47 Å². The van der Waals surface area contributed by atoms with Gasteiger partial charge in [0.15, 0.2) is 11.4 Å². The van der Waals surface area contributed by atoms with Crippen molar-refractivity contribution in [3.8, 4) is 11.3 Å². The molecule has 172 valence electrons. The number of Topliss-reactive ketones (excluding diaryl/α,β-unsaturated/α-hetero) is 1. The van der Waals surface area contributed by atoms with Crippen molar-refractivity contribution in [2.45, 2.75) is 32.9 Å². The Hall–Kier alpha value is -3.10. The Kier molecular flexibility index (Phi) is 5.95. The third-order valence-electron chi connectivity index (χ3n) is 6.36. The summed E-state index contributed by atoms with van der Waals surface area (Å²) >= 11 is 0. The predicted octanol–water partition coefficient (Wildman–Crippen LogP) is 3.34. The largest absolute Gasteiger partial charge is 0.377 e. The Morgan fingerprint density at radius 2 is 1.67 bits per heavy atom. The summed E-state index contributed by atoms with van der Waals surface area (Å²) in [6, 6.07) is 12.0. The number of pyridine rings is 1. The number of nitrogens with zero attached hydrogens (tertiary/aromatic N) is 5. The molecule has 0 spiro atoms. The van der Waals surface area contributed by atoms with Crippen LogP contribution in [0.3, 0.4) is 0 Å². The van der Waals surface area contributed by atoms with Crippen LogP contribution in [0.15, 0.2) is 36.4 Å². The molecular weight excluding hydrogens is 418 g/mol. The van der Waals surface area contributed by atoms with E-state index in [1.807, 2.05) is 36.4 Å². The second-order valence-electron chi connectivity index (χ2n) is 8.79. The second-order valence-corrected chi connectivity index (χ2v) is 8.79. The van der Waals surface area contributed by atoms with E-state index in [1.165, 1.54) is 0 Å². The number of carbonyl (C=O) groups is 1. The molecule has 2 atom stereocenters. The van der Waals surface area contributed by atoms with Gasteiger partial charge in [-0.25, -0.2) is 4.98 Å². The highest BCUT2D eigenvalue weighted by molar-refractivity contribution is 5.95. The maximum Gasteiger partial charge on any atom is 0.229 e. The Morgan fingerprint density at radius 1 is 0.939 bits per heavy atom. The van der Waals surface area contributed by atoms with Gasteiger partial charge in [0.25, 0.3) is 0 Å². The van der Waals surface area contributed by atoms with Crippen LogP contribution in [0.1, 0.15) is 31.1 Å². The zero-order valence-corrected chi connectivity index (χ0v) is 19.3. The van der Waals surface area contributed by atoms with E-state index in [4.69, 9.17) is 24.4 Å². The third-order valence-corrected chi connectivity index (χ3v) is 6.36. The zero-order chi connectivity index (χ0) is 22.9. The number of carbonyl (C=O) groups excluding carboxylic acids is 1. The lowest BCUT2D eigenvalue weighted by Crippen LogP contribution is -2.46. The van der Waals surface area contributed by atoms with Crippen molar-refractivity contribution in [2.24, 2.45) is 0 Å². The first kappa shape index (κ1) is 21.7. The molecule has 8 nitrogen and oxygen atoms in total. The standard InChI is InChI=1S/C25H29N5O3/c1-16-14-32-11-9-29(16)24-21-7-8-22(20-6-4-5-19(13-20)18(3)31)26-23(21)27-25(28-24)30-10-12-33-15-17(30)2/h4-8,13,16-17H,9-12,14-15H2,1-3H3/t16-,17-/m1/s1. The lowest BCUT2D eigenvalue weighted by atomic mass is 10.0. The van der Waals surface area contributed by atoms with Gasteiger partial charge in [-0.15, -0.1) is 0 Å². The summed E-state index contributed by atoms with van der Waals surface area (Å²) in [6.45, 7) is 10.0. The van der Waals surface area contributed by atoms with Crippen LogP contribution in [0.4, 0.5) is 11.8 Å².